The Morgan fingerprint density at radius 2 is 2.00 bits per heavy atom. The monoisotopic (exact) mass is 517 g/mol. The summed E-state index contributed by atoms with van der Waals surface area (Å²) in [6, 6.07) is 17.0. The van der Waals surface area contributed by atoms with Crippen molar-refractivity contribution in [3.05, 3.63) is 65.9 Å². The molecule has 7 heteroatoms. The lowest BCUT2D eigenvalue weighted by atomic mass is 9.43. The minimum atomic E-state index is -0.312. The fourth-order valence-corrected chi connectivity index (χ4v) is 8.28. The molecule has 5 aliphatic rings. The Morgan fingerprint density at radius 3 is 2.84 bits per heavy atom. The molecule has 2 aromatic carbocycles. The van der Waals surface area contributed by atoms with E-state index in [1.807, 2.05) is 18.4 Å². The van der Waals surface area contributed by atoms with Gasteiger partial charge in [-0.25, -0.2) is 0 Å². The number of rotatable bonds is 7. The quantitative estimate of drug-likeness (QED) is 0.276. The molecule has 5 nitrogen and oxygen atoms in total. The van der Waals surface area contributed by atoms with Crippen LogP contribution in [0, 0.1) is 17.3 Å². The third-order valence-electron chi connectivity index (χ3n) is 9.79. The molecule has 3 aromatic rings. The van der Waals surface area contributed by atoms with Gasteiger partial charge in [0.05, 0.1) is 30.0 Å². The van der Waals surface area contributed by atoms with E-state index in [0.717, 1.165) is 49.2 Å². The highest BCUT2D eigenvalue weighted by molar-refractivity contribution is 7.97. The molecule has 0 amide bonds. The maximum Gasteiger partial charge on any atom is 0.477 e. The van der Waals surface area contributed by atoms with Crippen LogP contribution in [0.3, 0.4) is 0 Å². The SMILES string of the molecule is CC1(C)C2C[C@H]1CC1OB(C(Cc3coc4ccccc34)NSc3cccc(C4CCCO4)c3)O[C@]12C. The third kappa shape index (κ3) is 4.09. The molecular weight excluding hydrogens is 481 g/mol. The van der Waals surface area contributed by atoms with Crippen LogP contribution in [0.15, 0.2) is 64.1 Å². The van der Waals surface area contributed by atoms with Gasteiger partial charge in [0.15, 0.2) is 0 Å². The van der Waals surface area contributed by atoms with Gasteiger partial charge >= 0.3 is 7.12 Å². The van der Waals surface area contributed by atoms with Crippen LogP contribution in [-0.4, -0.2) is 31.4 Å². The van der Waals surface area contributed by atoms with E-state index in [0.29, 0.717) is 11.3 Å². The maximum absolute atomic E-state index is 6.91. The summed E-state index contributed by atoms with van der Waals surface area (Å²) in [7, 11) is -0.312. The highest BCUT2D eigenvalue weighted by atomic mass is 32.2. The molecule has 1 aromatic heterocycles. The molecule has 1 N–H and O–H groups in total. The van der Waals surface area contributed by atoms with Crippen LogP contribution in [-0.2, 0) is 20.5 Å². The van der Waals surface area contributed by atoms with Crippen LogP contribution in [0.1, 0.15) is 63.7 Å². The van der Waals surface area contributed by atoms with E-state index >= 15 is 0 Å². The lowest BCUT2D eigenvalue weighted by molar-refractivity contribution is -0.199. The lowest BCUT2D eigenvalue weighted by Crippen LogP contribution is -2.65. The van der Waals surface area contributed by atoms with Gasteiger partial charge in [-0.2, -0.15) is 0 Å². The van der Waals surface area contributed by atoms with E-state index < -0.39 is 0 Å². The second-order valence-corrected chi connectivity index (χ2v) is 13.1. The summed E-state index contributed by atoms with van der Waals surface area (Å²) in [5.41, 5.74) is 3.45. The molecule has 37 heavy (non-hydrogen) atoms. The second kappa shape index (κ2) is 9.16. The smallest absolute Gasteiger partial charge is 0.464 e. The summed E-state index contributed by atoms with van der Waals surface area (Å²) < 4.78 is 29.2. The highest BCUT2D eigenvalue weighted by Crippen LogP contribution is 2.65. The van der Waals surface area contributed by atoms with Crippen molar-refractivity contribution in [2.24, 2.45) is 17.3 Å². The molecule has 0 radical (unpaired) electrons. The molecule has 8 rings (SSSR count). The van der Waals surface area contributed by atoms with Gasteiger partial charge in [-0.05, 0) is 97.6 Å². The van der Waals surface area contributed by atoms with Gasteiger partial charge in [-0.3, -0.25) is 4.72 Å². The first-order valence-corrected chi connectivity index (χ1v) is 14.7. The van der Waals surface area contributed by atoms with Crippen molar-refractivity contribution < 1.29 is 18.5 Å². The van der Waals surface area contributed by atoms with Crippen molar-refractivity contribution in [3.8, 4) is 0 Å². The number of nitrogens with one attached hydrogen (secondary N) is 1. The zero-order valence-corrected chi connectivity index (χ0v) is 22.8. The Bertz CT molecular complexity index is 1290. The molecule has 2 saturated heterocycles. The topological polar surface area (TPSA) is 52.9 Å². The van der Waals surface area contributed by atoms with Crippen molar-refractivity contribution >= 4 is 30.0 Å². The van der Waals surface area contributed by atoms with E-state index in [9.17, 15) is 0 Å². The fraction of sp³-hybridized carbons (Fsp3) is 0.533. The predicted octanol–water partition coefficient (Wildman–Crippen LogP) is 6.76. The van der Waals surface area contributed by atoms with Gasteiger partial charge in [0, 0.05) is 16.9 Å². The first kappa shape index (κ1) is 24.3. The normalized spacial score (nSPS) is 32.9. The maximum atomic E-state index is 6.91. The highest BCUT2D eigenvalue weighted by Gasteiger charge is 2.68. The molecule has 0 spiro atoms. The summed E-state index contributed by atoms with van der Waals surface area (Å²) in [5, 5.41) is 1.16. The molecular formula is C30H36BNO4S. The van der Waals surface area contributed by atoms with Gasteiger partial charge < -0.3 is 18.5 Å². The molecule has 6 atom stereocenters. The first-order chi connectivity index (χ1) is 17.9. The minimum Gasteiger partial charge on any atom is -0.464 e. The van der Waals surface area contributed by atoms with Gasteiger partial charge in [0.25, 0.3) is 0 Å². The van der Waals surface area contributed by atoms with Crippen LogP contribution in [0.2, 0.25) is 0 Å². The van der Waals surface area contributed by atoms with Crippen molar-refractivity contribution in [2.45, 2.75) is 81.5 Å². The van der Waals surface area contributed by atoms with Gasteiger partial charge in [-0.15, -0.1) is 0 Å². The van der Waals surface area contributed by atoms with Crippen LogP contribution >= 0.6 is 11.9 Å². The minimum absolute atomic E-state index is 0.0277. The summed E-state index contributed by atoms with van der Waals surface area (Å²) in [6.07, 6.45) is 7.61. The fourth-order valence-electron chi connectivity index (χ4n) is 7.45. The Kier molecular flexibility index (Phi) is 6.02. The van der Waals surface area contributed by atoms with E-state index in [2.05, 4.69) is 61.9 Å². The van der Waals surface area contributed by atoms with Crippen LogP contribution in [0.4, 0.5) is 0 Å². The standard InChI is InChI=1S/C30H36BNO4S/c1-29(2)21-16-26(29)30(3)27(17-21)35-31(36-30)28(15-20-18-34-25-11-5-4-10-23(20)25)32-37-22-9-6-8-19(14-22)24-12-7-13-33-24/h4-6,8-11,14,18,21,24,26-28,32H,7,12-13,15-17H2,1-3H3/t21-,24?,26?,27?,28?,30-/m0/s1. The zero-order chi connectivity index (χ0) is 25.2. The summed E-state index contributed by atoms with van der Waals surface area (Å²) in [5.74, 6) is 1.25. The van der Waals surface area contributed by atoms with Crippen molar-refractivity contribution in [1.82, 2.24) is 4.72 Å². The first-order valence-electron chi connectivity index (χ1n) is 13.8. The molecule has 2 aliphatic heterocycles. The number of benzene rings is 2. The molecule has 194 valence electrons. The Labute approximate surface area is 224 Å². The average molecular weight is 518 g/mol. The van der Waals surface area contributed by atoms with Crippen molar-refractivity contribution in [3.63, 3.8) is 0 Å². The number of furan rings is 1. The Balaban J connectivity index is 1.14. The largest absolute Gasteiger partial charge is 0.477 e. The molecule has 5 fully saturated rings. The number of ether oxygens (including phenoxy) is 1. The average Bonchev–Trinajstić information content (AvgIpc) is 3.65. The number of hydrogen-bond donors (Lipinski definition) is 1. The van der Waals surface area contributed by atoms with E-state index in [1.54, 1.807) is 11.9 Å². The number of hydrogen-bond acceptors (Lipinski definition) is 6. The molecule has 3 aliphatic carbocycles. The third-order valence-corrected chi connectivity index (χ3v) is 10.7. The van der Waals surface area contributed by atoms with Crippen molar-refractivity contribution in [2.75, 3.05) is 6.61 Å². The molecule has 2 bridgehead atoms. The van der Waals surface area contributed by atoms with Crippen molar-refractivity contribution in [1.29, 1.82) is 0 Å². The molecule has 4 unspecified atom stereocenters. The summed E-state index contributed by atoms with van der Waals surface area (Å²) in [6.45, 7) is 7.97. The van der Waals surface area contributed by atoms with E-state index in [1.165, 1.54) is 22.4 Å². The number of fused-ring (bicyclic) bond motifs is 1. The van der Waals surface area contributed by atoms with E-state index in [4.69, 9.17) is 18.5 Å². The second-order valence-electron chi connectivity index (χ2n) is 12.2. The van der Waals surface area contributed by atoms with Gasteiger partial charge in [0.2, 0.25) is 0 Å². The van der Waals surface area contributed by atoms with Crippen LogP contribution in [0.5, 0.6) is 0 Å². The summed E-state index contributed by atoms with van der Waals surface area (Å²) in [4.78, 5) is 1.18. The number of para-hydroxylation sites is 1. The predicted molar refractivity (Wildman–Crippen MR) is 147 cm³/mol. The lowest BCUT2D eigenvalue weighted by Gasteiger charge is -2.64. The molecule has 3 saturated carbocycles. The molecule has 3 heterocycles. The van der Waals surface area contributed by atoms with Gasteiger partial charge in [-0.1, -0.05) is 44.2 Å². The Morgan fingerprint density at radius 1 is 1.11 bits per heavy atom. The van der Waals surface area contributed by atoms with Gasteiger partial charge in [0.1, 0.15) is 5.58 Å². The summed E-state index contributed by atoms with van der Waals surface area (Å²) >= 11 is 1.66. The van der Waals surface area contributed by atoms with Crippen LogP contribution in [0.25, 0.3) is 11.0 Å². The zero-order valence-electron chi connectivity index (χ0n) is 21.9. The Hall–Kier alpha value is -1.77. The van der Waals surface area contributed by atoms with Crippen LogP contribution < -0.4 is 4.72 Å². The van der Waals surface area contributed by atoms with E-state index in [-0.39, 0.29) is 30.9 Å².